The van der Waals surface area contributed by atoms with Crippen LogP contribution in [0.5, 0.6) is 0 Å². The van der Waals surface area contributed by atoms with Crippen molar-refractivity contribution in [3.63, 3.8) is 0 Å². The van der Waals surface area contributed by atoms with Gasteiger partial charge in [-0.25, -0.2) is 9.97 Å². The molecule has 6 nitrogen and oxygen atoms in total. The zero-order chi connectivity index (χ0) is 18.3. The number of hydrogen-bond acceptors (Lipinski definition) is 5. The molecule has 1 aromatic carbocycles. The van der Waals surface area contributed by atoms with E-state index in [2.05, 4.69) is 22.1 Å². The maximum atomic E-state index is 10.5. The van der Waals surface area contributed by atoms with Crippen molar-refractivity contribution in [2.75, 3.05) is 5.73 Å². The summed E-state index contributed by atoms with van der Waals surface area (Å²) in [5.41, 5.74) is 9.34. The number of imidazole rings is 1. The van der Waals surface area contributed by atoms with Gasteiger partial charge in [0, 0.05) is 12.6 Å². The lowest BCUT2D eigenvalue weighted by molar-refractivity contribution is 0.0619. The minimum Gasteiger partial charge on any atom is -0.389 e. The summed E-state index contributed by atoms with van der Waals surface area (Å²) in [4.78, 5) is 13.7. The van der Waals surface area contributed by atoms with E-state index in [1.807, 2.05) is 34.9 Å². The molecule has 0 aliphatic rings. The first-order valence-electron chi connectivity index (χ1n) is 8.58. The van der Waals surface area contributed by atoms with Gasteiger partial charge in [-0.1, -0.05) is 30.3 Å². The van der Waals surface area contributed by atoms with Gasteiger partial charge >= 0.3 is 0 Å². The number of nitrogens with two attached hydrogens (primary N) is 1. The Labute approximate surface area is 151 Å². The van der Waals surface area contributed by atoms with E-state index in [-0.39, 0.29) is 0 Å². The van der Waals surface area contributed by atoms with Crippen LogP contribution in [0, 0.1) is 0 Å². The zero-order valence-electron chi connectivity index (χ0n) is 14.8. The van der Waals surface area contributed by atoms with Crippen molar-refractivity contribution < 1.29 is 5.11 Å². The molecule has 0 saturated heterocycles. The van der Waals surface area contributed by atoms with E-state index in [9.17, 15) is 5.11 Å². The normalized spacial score (nSPS) is 12.1. The average molecular weight is 347 g/mol. The average Bonchev–Trinajstić information content (AvgIpc) is 2.93. The number of rotatable bonds is 4. The van der Waals surface area contributed by atoms with Crippen molar-refractivity contribution in [2.45, 2.75) is 32.4 Å². The molecule has 3 aromatic heterocycles. The second kappa shape index (κ2) is 6.07. The molecule has 0 fully saturated rings. The molecule has 0 unspecified atom stereocenters. The third-order valence-electron chi connectivity index (χ3n) is 4.29. The van der Waals surface area contributed by atoms with Gasteiger partial charge < -0.3 is 15.4 Å². The van der Waals surface area contributed by atoms with Crippen molar-refractivity contribution in [1.82, 2.24) is 19.5 Å². The second-order valence-electron chi connectivity index (χ2n) is 7.15. The molecular weight excluding hydrogens is 326 g/mol. The van der Waals surface area contributed by atoms with E-state index in [4.69, 9.17) is 10.7 Å². The molecule has 0 radical (unpaired) electrons. The third-order valence-corrected chi connectivity index (χ3v) is 4.29. The smallest absolute Gasteiger partial charge is 0.152 e. The van der Waals surface area contributed by atoms with Crippen LogP contribution in [-0.2, 0) is 13.0 Å². The Morgan fingerprint density at radius 1 is 1.04 bits per heavy atom. The van der Waals surface area contributed by atoms with Gasteiger partial charge in [-0.2, -0.15) is 0 Å². The van der Waals surface area contributed by atoms with E-state index in [0.717, 1.165) is 27.9 Å². The summed E-state index contributed by atoms with van der Waals surface area (Å²) in [5.74, 6) is 1.21. The molecule has 0 bridgehead atoms. The number of anilines is 1. The van der Waals surface area contributed by atoms with E-state index in [1.165, 1.54) is 0 Å². The fourth-order valence-corrected chi connectivity index (χ4v) is 3.24. The van der Waals surface area contributed by atoms with Crippen molar-refractivity contribution >= 4 is 27.9 Å². The topological polar surface area (TPSA) is 89.8 Å². The molecule has 0 aliphatic heterocycles. The Morgan fingerprint density at radius 3 is 2.54 bits per heavy atom. The molecule has 0 atom stereocenters. The number of hydrogen-bond donors (Lipinski definition) is 2. The largest absolute Gasteiger partial charge is 0.389 e. The lowest BCUT2D eigenvalue weighted by Crippen LogP contribution is -2.27. The fraction of sp³-hybridized carbons (Fsp3) is 0.250. The van der Waals surface area contributed by atoms with Crippen LogP contribution < -0.4 is 5.73 Å². The molecule has 3 N–H and O–H groups in total. The van der Waals surface area contributed by atoms with E-state index in [1.54, 1.807) is 20.0 Å². The third kappa shape index (κ3) is 2.99. The Kier molecular flexibility index (Phi) is 3.85. The molecular formula is C20H21N5O. The second-order valence-corrected chi connectivity index (χ2v) is 7.15. The van der Waals surface area contributed by atoms with E-state index in [0.29, 0.717) is 24.3 Å². The van der Waals surface area contributed by atoms with Gasteiger partial charge in [0.2, 0.25) is 0 Å². The molecule has 4 aromatic rings. The Balaban J connectivity index is 2.00. The minimum atomic E-state index is -0.905. The summed E-state index contributed by atoms with van der Waals surface area (Å²) in [7, 11) is 0. The number of nitrogens with zero attached hydrogens (tertiary/aromatic N) is 4. The van der Waals surface area contributed by atoms with Gasteiger partial charge in [-0.05, 0) is 31.5 Å². The molecule has 4 rings (SSSR count). The van der Waals surface area contributed by atoms with E-state index >= 15 is 0 Å². The number of fused-ring (bicyclic) bond motifs is 3. The molecule has 0 spiro atoms. The molecule has 0 aliphatic carbocycles. The highest BCUT2D eigenvalue weighted by atomic mass is 16.3. The summed E-state index contributed by atoms with van der Waals surface area (Å²) in [6.07, 6.45) is 2.37. The first-order valence-corrected chi connectivity index (χ1v) is 8.58. The minimum absolute atomic E-state index is 0.379. The summed E-state index contributed by atoms with van der Waals surface area (Å²) < 4.78 is 2.02. The lowest BCUT2D eigenvalue weighted by Gasteiger charge is -2.20. The Hall–Kier alpha value is -2.99. The first-order chi connectivity index (χ1) is 12.4. The monoisotopic (exact) mass is 347 g/mol. The van der Waals surface area contributed by atoms with Crippen molar-refractivity contribution in [2.24, 2.45) is 0 Å². The SMILES string of the molecule is CC(C)(O)Cn1c(Cc2ccccc2)nc2c(N)nc3cccnc3c21. The lowest BCUT2D eigenvalue weighted by atomic mass is 10.1. The first kappa shape index (κ1) is 16.5. The van der Waals surface area contributed by atoms with Crippen LogP contribution in [0.4, 0.5) is 5.82 Å². The number of aromatic nitrogens is 4. The van der Waals surface area contributed by atoms with Crippen molar-refractivity contribution in [3.05, 3.63) is 60.0 Å². The fourth-order valence-electron chi connectivity index (χ4n) is 3.24. The summed E-state index contributed by atoms with van der Waals surface area (Å²) >= 11 is 0. The maximum absolute atomic E-state index is 10.5. The van der Waals surface area contributed by atoms with Gasteiger partial charge in [-0.3, -0.25) is 4.98 Å². The predicted octanol–water partition coefficient (Wildman–Crippen LogP) is 2.92. The molecule has 3 heterocycles. The highest BCUT2D eigenvalue weighted by molar-refractivity contribution is 6.04. The summed E-state index contributed by atoms with van der Waals surface area (Å²) in [5, 5.41) is 10.5. The van der Waals surface area contributed by atoms with Crippen LogP contribution in [0.3, 0.4) is 0 Å². The molecule has 0 amide bonds. The summed E-state index contributed by atoms with van der Waals surface area (Å²) in [6.45, 7) is 3.96. The zero-order valence-corrected chi connectivity index (χ0v) is 14.8. The van der Waals surface area contributed by atoms with Crippen molar-refractivity contribution in [1.29, 1.82) is 0 Å². The molecule has 6 heteroatoms. The number of benzene rings is 1. The summed E-state index contributed by atoms with van der Waals surface area (Å²) in [6, 6.07) is 13.8. The maximum Gasteiger partial charge on any atom is 0.152 e. The van der Waals surface area contributed by atoms with Crippen LogP contribution in [0.25, 0.3) is 22.1 Å². The van der Waals surface area contributed by atoms with Gasteiger partial charge in [-0.15, -0.1) is 0 Å². The van der Waals surface area contributed by atoms with Gasteiger partial charge in [0.1, 0.15) is 22.4 Å². The van der Waals surface area contributed by atoms with Gasteiger partial charge in [0.05, 0.1) is 17.7 Å². The van der Waals surface area contributed by atoms with Gasteiger partial charge in [0.25, 0.3) is 0 Å². The van der Waals surface area contributed by atoms with Crippen LogP contribution in [0.15, 0.2) is 48.7 Å². The van der Waals surface area contributed by atoms with Gasteiger partial charge in [0.15, 0.2) is 5.82 Å². The number of nitrogen functional groups attached to an aromatic ring is 1. The molecule has 26 heavy (non-hydrogen) atoms. The Bertz CT molecular complexity index is 1080. The van der Waals surface area contributed by atoms with Crippen LogP contribution in [0.2, 0.25) is 0 Å². The number of aliphatic hydroxyl groups is 1. The quantitative estimate of drug-likeness (QED) is 0.592. The highest BCUT2D eigenvalue weighted by Gasteiger charge is 2.23. The van der Waals surface area contributed by atoms with Crippen LogP contribution in [-0.4, -0.2) is 30.2 Å². The standard InChI is InChI=1S/C20H21N5O/c1-20(2,26)12-25-15(11-13-7-4-3-5-8-13)24-17-18(25)16-14(23-19(17)21)9-6-10-22-16/h3-10,26H,11-12H2,1-2H3,(H2,21,23). The molecule has 132 valence electrons. The number of pyridine rings is 2. The van der Waals surface area contributed by atoms with Crippen LogP contribution in [0.1, 0.15) is 25.2 Å². The predicted molar refractivity (Wildman–Crippen MR) is 103 cm³/mol. The van der Waals surface area contributed by atoms with E-state index < -0.39 is 5.60 Å². The molecule has 0 saturated carbocycles. The Morgan fingerprint density at radius 2 is 1.81 bits per heavy atom. The highest BCUT2D eigenvalue weighted by Crippen LogP contribution is 2.29. The van der Waals surface area contributed by atoms with Crippen molar-refractivity contribution in [3.8, 4) is 0 Å². The van der Waals surface area contributed by atoms with Crippen LogP contribution >= 0.6 is 0 Å².